The first-order chi connectivity index (χ1) is 11.6. The van der Waals surface area contributed by atoms with Crippen LogP contribution >= 0.6 is 0 Å². The van der Waals surface area contributed by atoms with Crippen LogP contribution in [-0.2, 0) is 9.47 Å². The Bertz CT molecular complexity index is 1010. The van der Waals surface area contributed by atoms with E-state index in [4.69, 9.17) is 9.47 Å². The summed E-state index contributed by atoms with van der Waals surface area (Å²) in [6.07, 6.45) is 2.42. The molecular weight excluding hydrogens is 310 g/mol. The van der Waals surface area contributed by atoms with Crippen LogP contribution in [0.15, 0.2) is 23.1 Å². The van der Waals surface area contributed by atoms with Gasteiger partial charge in [0.05, 0.1) is 47.9 Å². The predicted molar refractivity (Wildman–Crippen MR) is 88.4 cm³/mol. The molecule has 1 N–H and O–H groups in total. The molecule has 7 nitrogen and oxygen atoms in total. The molecule has 3 aromatic rings. The highest BCUT2D eigenvalue weighted by atomic mass is 16.5. The summed E-state index contributed by atoms with van der Waals surface area (Å²) < 4.78 is 12.2. The zero-order valence-corrected chi connectivity index (χ0v) is 13.5. The molecule has 124 valence electrons. The largest absolute Gasteiger partial charge is 0.465 e. The second-order valence-electron chi connectivity index (χ2n) is 6.03. The number of carbonyl (C=O) groups excluding carboxylic acids is 1. The van der Waals surface area contributed by atoms with Crippen LogP contribution in [0.3, 0.4) is 0 Å². The van der Waals surface area contributed by atoms with Gasteiger partial charge in [-0.2, -0.15) is 5.10 Å². The zero-order valence-electron chi connectivity index (χ0n) is 13.5. The van der Waals surface area contributed by atoms with E-state index in [9.17, 15) is 9.59 Å². The third-order valence-electron chi connectivity index (χ3n) is 4.56. The van der Waals surface area contributed by atoms with Gasteiger partial charge in [0.25, 0.3) is 5.56 Å². The average Bonchev–Trinajstić information content (AvgIpc) is 3.23. The summed E-state index contributed by atoms with van der Waals surface area (Å²) in [6, 6.07) is 3.66. The highest BCUT2D eigenvalue weighted by molar-refractivity contribution is 6.06. The van der Waals surface area contributed by atoms with E-state index >= 15 is 0 Å². The lowest BCUT2D eigenvalue weighted by molar-refractivity contribution is 0.0600. The number of esters is 1. The fourth-order valence-electron chi connectivity index (χ4n) is 3.32. The van der Waals surface area contributed by atoms with Crippen LogP contribution in [0.1, 0.15) is 28.4 Å². The number of rotatable bonds is 2. The topological polar surface area (TPSA) is 86.2 Å². The van der Waals surface area contributed by atoms with E-state index in [1.165, 1.54) is 7.11 Å². The Morgan fingerprint density at radius 1 is 1.42 bits per heavy atom. The number of hydrogen-bond donors (Lipinski definition) is 1. The van der Waals surface area contributed by atoms with Crippen molar-refractivity contribution in [3.05, 3.63) is 39.8 Å². The second kappa shape index (κ2) is 5.45. The average molecular weight is 327 g/mol. The number of aromatic amines is 1. The first-order valence-corrected chi connectivity index (χ1v) is 7.80. The number of nitrogens with one attached hydrogen (secondary N) is 1. The molecule has 1 unspecified atom stereocenters. The molecule has 1 aliphatic heterocycles. The summed E-state index contributed by atoms with van der Waals surface area (Å²) >= 11 is 0. The van der Waals surface area contributed by atoms with E-state index in [2.05, 4.69) is 10.1 Å². The van der Waals surface area contributed by atoms with E-state index in [1.807, 2.05) is 11.6 Å². The first kappa shape index (κ1) is 14.9. The van der Waals surface area contributed by atoms with E-state index < -0.39 is 5.97 Å². The standard InChI is InChI=1S/C17H17N3O4/c1-9-5-14-12(6-11(9)17(22)23-2)15-13(16(21)19-14)7-18-20(15)10-3-4-24-8-10/h5-7,10H,3-4,8H2,1-2H3,(H,19,21). The van der Waals surface area contributed by atoms with Crippen molar-refractivity contribution < 1.29 is 14.3 Å². The maximum atomic E-state index is 12.4. The minimum absolute atomic E-state index is 0.0929. The molecule has 0 saturated carbocycles. The number of benzene rings is 1. The van der Waals surface area contributed by atoms with Crippen LogP contribution in [0.4, 0.5) is 0 Å². The van der Waals surface area contributed by atoms with Crippen LogP contribution in [0.2, 0.25) is 0 Å². The Morgan fingerprint density at radius 2 is 2.25 bits per heavy atom. The van der Waals surface area contributed by atoms with Crippen LogP contribution in [0.25, 0.3) is 21.8 Å². The smallest absolute Gasteiger partial charge is 0.338 e. The second-order valence-corrected chi connectivity index (χ2v) is 6.03. The lowest BCUT2D eigenvalue weighted by Gasteiger charge is -2.13. The molecule has 1 atom stereocenters. The quantitative estimate of drug-likeness (QED) is 0.727. The van der Waals surface area contributed by atoms with E-state index in [0.29, 0.717) is 29.7 Å². The van der Waals surface area contributed by atoms with Gasteiger partial charge in [-0.15, -0.1) is 0 Å². The normalized spacial score (nSPS) is 17.7. The summed E-state index contributed by atoms with van der Waals surface area (Å²) in [5, 5.41) is 5.69. The molecule has 0 bridgehead atoms. The molecule has 1 fully saturated rings. The molecule has 0 amide bonds. The minimum atomic E-state index is -0.399. The lowest BCUT2D eigenvalue weighted by atomic mass is 10.0. The molecule has 4 rings (SSSR count). The number of hydrogen-bond acceptors (Lipinski definition) is 5. The molecule has 0 spiro atoms. The number of ether oxygens (including phenoxy) is 2. The van der Waals surface area contributed by atoms with Crippen molar-refractivity contribution in [2.24, 2.45) is 0 Å². The van der Waals surface area contributed by atoms with Crippen molar-refractivity contribution in [3.8, 4) is 0 Å². The maximum absolute atomic E-state index is 12.4. The molecule has 1 aromatic carbocycles. The summed E-state index contributed by atoms with van der Waals surface area (Å²) in [6.45, 7) is 3.07. The van der Waals surface area contributed by atoms with Gasteiger partial charge in [-0.1, -0.05) is 0 Å². The third kappa shape index (κ3) is 2.12. The number of pyridine rings is 1. The lowest BCUT2D eigenvalue weighted by Crippen LogP contribution is -2.13. The van der Waals surface area contributed by atoms with Crippen LogP contribution in [-0.4, -0.2) is 41.1 Å². The Balaban J connectivity index is 2.08. The van der Waals surface area contributed by atoms with Crippen molar-refractivity contribution in [2.75, 3.05) is 20.3 Å². The van der Waals surface area contributed by atoms with Crippen molar-refractivity contribution in [1.82, 2.24) is 14.8 Å². The molecular formula is C17H17N3O4. The van der Waals surface area contributed by atoms with Crippen LogP contribution in [0, 0.1) is 6.92 Å². The Hall–Kier alpha value is -2.67. The van der Waals surface area contributed by atoms with Crippen LogP contribution < -0.4 is 5.56 Å². The number of H-pyrrole nitrogens is 1. The van der Waals surface area contributed by atoms with Crippen LogP contribution in [0.5, 0.6) is 0 Å². The van der Waals surface area contributed by atoms with Gasteiger partial charge in [-0.25, -0.2) is 4.79 Å². The Kier molecular flexibility index (Phi) is 3.38. The number of carbonyl (C=O) groups is 1. The molecule has 1 saturated heterocycles. The van der Waals surface area contributed by atoms with Gasteiger partial charge < -0.3 is 14.5 Å². The predicted octanol–water partition coefficient (Wildman–Crippen LogP) is 1.93. The first-order valence-electron chi connectivity index (χ1n) is 7.80. The van der Waals surface area contributed by atoms with Crippen molar-refractivity contribution in [3.63, 3.8) is 0 Å². The number of nitrogens with zero attached hydrogens (tertiary/aromatic N) is 2. The summed E-state index contributed by atoms with van der Waals surface area (Å²) in [5.41, 5.74) is 2.45. The molecule has 0 aliphatic carbocycles. The third-order valence-corrected chi connectivity index (χ3v) is 4.56. The Morgan fingerprint density at radius 3 is 2.96 bits per heavy atom. The molecule has 3 heterocycles. The van der Waals surface area contributed by atoms with E-state index in [0.717, 1.165) is 22.9 Å². The molecule has 24 heavy (non-hydrogen) atoms. The SMILES string of the molecule is COC(=O)c1cc2c(cc1C)[nH]c(=O)c1cnn(C3CCOC3)c12. The fourth-order valence-corrected chi connectivity index (χ4v) is 3.32. The van der Waals surface area contributed by atoms with E-state index in [1.54, 1.807) is 18.3 Å². The number of methoxy groups -OCH3 is 1. The molecule has 7 heteroatoms. The maximum Gasteiger partial charge on any atom is 0.338 e. The molecule has 1 aliphatic rings. The van der Waals surface area contributed by atoms with Gasteiger partial charge in [0.15, 0.2) is 0 Å². The van der Waals surface area contributed by atoms with Gasteiger partial charge in [-0.05, 0) is 31.0 Å². The summed E-state index contributed by atoms with van der Waals surface area (Å²) in [5.74, 6) is -0.399. The summed E-state index contributed by atoms with van der Waals surface area (Å²) in [4.78, 5) is 27.3. The van der Waals surface area contributed by atoms with Gasteiger partial charge in [-0.3, -0.25) is 9.48 Å². The van der Waals surface area contributed by atoms with Crippen molar-refractivity contribution >= 4 is 27.8 Å². The minimum Gasteiger partial charge on any atom is -0.465 e. The highest BCUT2D eigenvalue weighted by Crippen LogP contribution is 2.29. The zero-order chi connectivity index (χ0) is 16.8. The van der Waals surface area contributed by atoms with Gasteiger partial charge in [0, 0.05) is 12.0 Å². The number of aryl methyl sites for hydroxylation is 1. The Labute approximate surface area is 137 Å². The molecule has 0 radical (unpaired) electrons. The van der Waals surface area contributed by atoms with Crippen molar-refractivity contribution in [2.45, 2.75) is 19.4 Å². The number of fused-ring (bicyclic) bond motifs is 3. The van der Waals surface area contributed by atoms with Gasteiger partial charge in [0.2, 0.25) is 0 Å². The van der Waals surface area contributed by atoms with E-state index in [-0.39, 0.29) is 11.6 Å². The van der Waals surface area contributed by atoms with Gasteiger partial charge >= 0.3 is 5.97 Å². The van der Waals surface area contributed by atoms with Crippen molar-refractivity contribution in [1.29, 1.82) is 0 Å². The number of aromatic nitrogens is 3. The summed E-state index contributed by atoms with van der Waals surface area (Å²) in [7, 11) is 1.36. The van der Waals surface area contributed by atoms with Gasteiger partial charge in [0.1, 0.15) is 0 Å². The molecule has 2 aromatic heterocycles. The highest BCUT2D eigenvalue weighted by Gasteiger charge is 2.23. The monoisotopic (exact) mass is 327 g/mol. The fraction of sp³-hybridized carbons (Fsp3) is 0.353.